The maximum atomic E-state index is 3.65. The fraction of sp³-hybridized carbons (Fsp3) is 0.667. The quantitative estimate of drug-likeness (QED) is 0.866. The number of hydrogen-bond acceptors (Lipinski definition) is 2. The summed E-state index contributed by atoms with van der Waals surface area (Å²) < 4.78 is 1.21. The maximum Gasteiger partial charge on any atom is 0.0178 e. The summed E-state index contributed by atoms with van der Waals surface area (Å²) in [6.45, 7) is 8.40. The molecule has 1 spiro atoms. The van der Waals surface area contributed by atoms with Gasteiger partial charge in [0.25, 0.3) is 0 Å². The molecule has 3 heteroatoms. The molecular weight excluding hydrogens is 324 g/mol. The van der Waals surface area contributed by atoms with Gasteiger partial charge in [0.1, 0.15) is 0 Å². The van der Waals surface area contributed by atoms with Crippen molar-refractivity contribution in [2.75, 3.05) is 32.7 Å². The Kier molecular flexibility index (Phi) is 5.03. The van der Waals surface area contributed by atoms with E-state index < -0.39 is 0 Å². The minimum absolute atomic E-state index is 0.510. The lowest BCUT2D eigenvalue weighted by molar-refractivity contribution is 0.135. The van der Waals surface area contributed by atoms with E-state index in [-0.39, 0.29) is 0 Å². The summed E-state index contributed by atoms with van der Waals surface area (Å²) in [5, 5.41) is 3.64. The summed E-state index contributed by atoms with van der Waals surface area (Å²) in [7, 11) is 0. The first-order valence-corrected chi connectivity index (χ1v) is 9.21. The van der Waals surface area contributed by atoms with E-state index in [1.807, 2.05) is 0 Å². The van der Waals surface area contributed by atoms with Gasteiger partial charge in [-0.3, -0.25) is 0 Å². The van der Waals surface area contributed by atoms with Crippen LogP contribution in [0.1, 0.15) is 44.1 Å². The Morgan fingerprint density at radius 1 is 1.29 bits per heavy atom. The van der Waals surface area contributed by atoms with E-state index in [1.54, 1.807) is 0 Å². The van der Waals surface area contributed by atoms with Gasteiger partial charge in [0, 0.05) is 16.9 Å². The van der Waals surface area contributed by atoms with Gasteiger partial charge in [0.15, 0.2) is 0 Å². The number of nitrogens with zero attached hydrogens (tertiary/aromatic N) is 1. The SMILES string of the molecule is CCN1CCCC2(CCNCC2c2cccc(Br)c2)CC1. The molecule has 2 aliphatic rings. The van der Waals surface area contributed by atoms with Crippen LogP contribution in [0.15, 0.2) is 28.7 Å². The summed E-state index contributed by atoms with van der Waals surface area (Å²) in [4.78, 5) is 2.63. The number of hydrogen-bond donors (Lipinski definition) is 1. The van der Waals surface area contributed by atoms with E-state index in [0.29, 0.717) is 11.3 Å². The molecule has 116 valence electrons. The van der Waals surface area contributed by atoms with E-state index in [1.165, 1.54) is 61.9 Å². The topological polar surface area (TPSA) is 15.3 Å². The minimum Gasteiger partial charge on any atom is -0.316 e. The standard InChI is InChI=1S/C18H27BrN2/c1-2-21-11-4-7-18(9-12-21)8-10-20-14-17(18)15-5-3-6-16(19)13-15/h3,5-6,13,17,20H,2,4,7-12,14H2,1H3. The van der Waals surface area contributed by atoms with Crippen LogP contribution in [0.4, 0.5) is 0 Å². The zero-order chi connectivity index (χ0) is 14.7. The van der Waals surface area contributed by atoms with Crippen molar-refractivity contribution in [1.29, 1.82) is 0 Å². The highest BCUT2D eigenvalue weighted by atomic mass is 79.9. The van der Waals surface area contributed by atoms with Crippen LogP contribution >= 0.6 is 15.9 Å². The molecule has 0 amide bonds. The highest BCUT2D eigenvalue weighted by Gasteiger charge is 2.42. The Morgan fingerprint density at radius 3 is 3.00 bits per heavy atom. The highest BCUT2D eigenvalue weighted by Crippen LogP contribution is 2.48. The Bertz CT molecular complexity index is 476. The van der Waals surface area contributed by atoms with Crippen LogP contribution in [-0.2, 0) is 0 Å². The van der Waals surface area contributed by atoms with E-state index >= 15 is 0 Å². The first kappa shape index (κ1) is 15.5. The predicted molar refractivity (Wildman–Crippen MR) is 92.8 cm³/mol. The van der Waals surface area contributed by atoms with Crippen molar-refractivity contribution in [1.82, 2.24) is 10.2 Å². The molecule has 2 atom stereocenters. The number of nitrogens with one attached hydrogen (secondary N) is 1. The molecule has 2 saturated heterocycles. The third-order valence-electron chi connectivity index (χ3n) is 5.66. The highest BCUT2D eigenvalue weighted by molar-refractivity contribution is 9.10. The molecule has 0 aliphatic carbocycles. The van der Waals surface area contributed by atoms with Gasteiger partial charge in [0.2, 0.25) is 0 Å². The number of halogens is 1. The largest absolute Gasteiger partial charge is 0.316 e. The van der Waals surface area contributed by atoms with Crippen LogP contribution < -0.4 is 5.32 Å². The fourth-order valence-electron chi connectivity index (χ4n) is 4.36. The van der Waals surface area contributed by atoms with Gasteiger partial charge in [0.05, 0.1) is 0 Å². The lowest BCUT2D eigenvalue weighted by atomic mass is 9.64. The second-order valence-electron chi connectivity index (χ2n) is 6.71. The molecule has 0 bridgehead atoms. The first-order chi connectivity index (χ1) is 10.2. The minimum atomic E-state index is 0.510. The van der Waals surface area contributed by atoms with Crippen LogP contribution in [-0.4, -0.2) is 37.6 Å². The van der Waals surface area contributed by atoms with E-state index in [2.05, 4.69) is 57.3 Å². The fourth-order valence-corrected chi connectivity index (χ4v) is 4.77. The van der Waals surface area contributed by atoms with Crippen LogP contribution in [0.25, 0.3) is 0 Å². The van der Waals surface area contributed by atoms with E-state index in [0.717, 1.165) is 6.54 Å². The molecule has 2 fully saturated rings. The lowest BCUT2D eigenvalue weighted by Gasteiger charge is -2.45. The average Bonchev–Trinajstić information content (AvgIpc) is 2.71. The van der Waals surface area contributed by atoms with Crippen molar-refractivity contribution in [2.45, 2.75) is 38.5 Å². The van der Waals surface area contributed by atoms with Crippen molar-refractivity contribution in [2.24, 2.45) is 5.41 Å². The van der Waals surface area contributed by atoms with E-state index in [9.17, 15) is 0 Å². The van der Waals surface area contributed by atoms with Crippen LogP contribution in [0, 0.1) is 5.41 Å². The Hall–Kier alpha value is -0.380. The summed E-state index contributed by atoms with van der Waals surface area (Å²) in [6.07, 6.45) is 5.45. The van der Waals surface area contributed by atoms with Crippen molar-refractivity contribution in [3.05, 3.63) is 34.3 Å². The smallest absolute Gasteiger partial charge is 0.0178 e. The lowest BCUT2D eigenvalue weighted by Crippen LogP contribution is -2.44. The number of likely N-dealkylation sites (tertiary alicyclic amines) is 1. The maximum absolute atomic E-state index is 3.65. The molecule has 1 N–H and O–H groups in total. The zero-order valence-corrected chi connectivity index (χ0v) is 14.7. The second kappa shape index (κ2) is 6.80. The van der Waals surface area contributed by atoms with Crippen LogP contribution in [0.2, 0.25) is 0 Å². The number of benzene rings is 1. The van der Waals surface area contributed by atoms with Gasteiger partial charge >= 0.3 is 0 Å². The Labute approximate surface area is 137 Å². The van der Waals surface area contributed by atoms with Crippen molar-refractivity contribution < 1.29 is 0 Å². The Morgan fingerprint density at radius 2 is 2.19 bits per heavy atom. The average molecular weight is 351 g/mol. The van der Waals surface area contributed by atoms with Crippen molar-refractivity contribution in [3.8, 4) is 0 Å². The van der Waals surface area contributed by atoms with Gasteiger partial charge in [-0.2, -0.15) is 0 Å². The molecule has 3 rings (SSSR count). The molecule has 0 aromatic heterocycles. The summed E-state index contributed by atoms with van der Waals surface area (Å²) in [6, 6.07) is 8.99. The predicted octanol–water partition coefficient (Wildman–Crippen LogP) is 4.02. The molecule has 0 saturated carbocycles. The van der Waals surface area contributed by atoms with Gasteiger partial charge in [-0.15, -0.1) is 0 Å². The van der Waals surface area contributed by atoms with Crippen molar-refractivity contribution in [3.63, 3.8) is 0 Å². The molecule has 1 aromatic carbocycles. The summed E-state index contributed by atoms with van der Waals surface area (Å²) in [5.74, 6) is 0.667. The van der Waals surface area contributed by atoms with Crippen LogP contribution in [0.3, 0.4) is 0 Å². The molecular formula is C18H27BrN2. The van der Waals surface area contributed by atoms with Crippen molar-refractivity contribution >= 4 is 15.9 Å². The monoisotopic (exact) mass is 350 g/mol. The first-order valence-electron chi connectivity index (χ1n) is 8.42. The van der Waals surface area contributed by atoms with Crippen LogP contribution in [0.5, 0.6) is 0 Å². The third-order valence-corrected chi connectivity index (χ3v) is 6.15. The normalized spacial score (nSPS) is 31.2. The molecule has 2 aliphatic heterocycles. The molecule has 2 heterocycles. The zero-order valence-electron chi connectivity index (χ0n) is 13.1. The second-order valence-corrected chi connectivity index (χ2v) is 7.63. The van der Waals surface area contributed by atoms with Gasteiger partial charge in [-0.1, -0.05) is 35.0 Å². The third kappa shape index (κ3) is 3.35. The Balaban J connectivity index is 1.86. The molecule has 0 radical (unpaired) electrons. The van der Waals surface area contributed by atoms with Gasteiger partial charge in [-0.05, 0) is 75.0 Å². The molecule has 2 unspecified atom stereocenters. The molecule has 21 heavy (non-hydrogen) atoms. The van der Waals surface area contributed by atoms with Gasteiger partial charge in [-0.25, -0.2) is 0 Å². The number of rotatable bonds is 2. The van der Waals surface area contributed by atoms with Gasteiger partial charge < -0.3 is 10.2 Å². The van der Waals surface area contributed by atoms with E-state index in [4.69, 9.17) is 0 Å². The number of piperidine rings is 1. The molecule has 2 nitrogen and oxygen atoms in total. The summed E-state index contributed by atoms with van der Waals surface area (Å²) >= 11 is 3.65. The summed E-state index contributed by atoms with van der Waals surface area (Å²) in [5.41, 5.74) is 2.03. The molecule has 1 aromatic rings.